The SMILES string of the molecule is CCCSc1nnc2c(n1)O[C@H](c1ccccc1[N+](=O)[O-])Nc1ccccc1-2. The molecule has 2 aromatic carbocycles. The van der Waals surface area contributed by atoms with Gasteiger partial charge in [-0.2, -0.15) is 4.98 Å². The average molecular weight is 395 g/mol. The monoisotopic (exact) mass is 395 g/mol. The van der Waals surface area contributed by atoms with E-state index in [4.69, 9.17) is 4.74 Å². The first-order chi connectivity index (χ1) is 13.7. The Bertz CT molecular complexity index is 1030. The van der Waals surface area contributed by atoms with Gasteiger partial charge in [-0.05, 0) is 18.6 Å². The van der Waals surface area contributed by atoms with Gasteiger partial charge in [0.2, 0.25) is 17.3 Å². The van der Waals surface area contributed by atoms with Crippen molar-refractivity contribution < 1.29 is 9.66 Å². The fourth-order valence-electron chi connectivity index (χ4n) is 2.92. The topological polar surface area (TPSA) is 103 Å². The number of nitro benzene ring substituents is 1. The van der Waals surface area contributed by atoms with Gasteiger partial charge in [-0.25, -0.2) is 0 Å². The van der Waals surface area contributed by atoms with E-state index in [1.165, 1.54) is 17.8 Å². The Balaban J connectivity index is 1.83. The second-order valence-electron chi connectivity index (χ2n) is 6.10. The highest BCUT2D eigenvalue weighted by Gasteiger charge is 2.30. The zero-order valence-electron chi connectivity index (χ0n) is 15.0. The molecule has 0 aliphatic carbocycles. The number of rotatable bonds is 5. The molecule has 0 unspecified atom stereocenters. The van der Waals surface area contributed by atoms with E-state index in [1.54, 1.807) is 18.2 Å². The van der Waals surface area contributed by atoms with Crippen molar-refractivity contribution in [1.82, 2.24) is 15.2 Å². The molecule has 9 heteroatoms. The molecule has 0 radical (unpaired) electrons. The highest BCUT2D eigenvalue weighted by atomic mass is 32.2. The van der Waals surface area contributed by atoms with Crippen LogP contribution in [-0.4, -0.2) is 25.9 Å². The summed E-state index contributed by atoms with van der Waals surface area (Å²) in [6.45, 7) is 2.07. The number of nitrogens with zero attached hydrogens (tertiary/aromatic N) is 4. The Morgan fingerprint density at radius 2 is 1.96 bits per heavy atom. The normalized spacial score (nSPS) is 14.8. The third-order valence-corrected chi connectivity index (χ3v) is 5.23. The third-order valence-electron chi connectivity index (χ3n) is 4.18. The molecule has 1 aromatic heterocycles. The van der Waals surface area contributed by atoms with Crippen LogP contribution in [-0.2, 0) is 0 Å². The van der Waals surface area contributed by atoms with E-state index in [1.807, 2.05) is 24.3 Å². The Labute approximate surface area is 165 Å². The van der Waals surface area contributed by atoms with Gasteiger partial charge in [0.15, 0.2) is 5.69 Å². The van der Waals surface area contributed by atoms with Crippen LogP contribution in [0.4, 0.5) is 11.4 Å². The molecule has 28 heavy (non-hydrogen) atoms. The molecular formula is C19H17N5O3S. The highest BCUT2D eigenvalue weighted by Crippen LogP contribution is 2.40. The molecule has 1 aliphatic rings. The summed E-state index contributed by atoms with van der Waals surface area (Å²) >= 11 is 1.49. The van der Waals surface area contributed by atoms with Crippen LogP contribution >= 0.6 is 11.8 Å². The van der Waals surface area contributed by atoms with E-state index in [2.05, 4.69) is 27.4 Å². The number of aromatic nitrogens is 3. The fourth-order valence-corrected chi connectivity index (χ4v) is 3.55. The number of anilines is 1. The summed E-state index contributed by atoms with van der Waals surface area (Å²) in [5.74, 6) is 1.16. The molecule has 0 saturated carbocycles. The van der Waals surface area contributed by atoms with Gasteiger partial charge >= 0.3 is 0 Å². The molecule has 0 bridgehead atoms. The van der Waals surface area contributed by atoms with Crippen molar-refractivity contribution in [3.63, 3.8) is 0 Å². The lowest BCUT2D eigenvalue weighted by molar-refractivity contribution is -0.386. The molecule has 8 nitrogen and oxygen atoms in total. The summed E-state index contributed by atoms with van der Waals surface area (Å²) in [5.41, 5.74) is 2.42. The van der Waals surface area contributed by atoms with Crippen LogP contribution in [0.5, 0.6) is 5.88 Å². The minimum absolute atomic E-state index is 0.0245. The molecule has 0 fully saturated rings. The van der Waals surface area contributed by atoms with Gasteiger partial charge in [0.1, 0.15) is 0 Å². The van der Waals surface area contributed by atoms with Crippen molar-refractivity contribution in [2.45, 2.75) is 24.7 Å². The molecule has 1 atom stereocenters. The number of hydrogen-bond donors (Lipinski definition) is 1. The quantitative estimate of drug-likeness (QED) is 0.384. The van der Waals surface area contributed by atoms with E-state index in [0.29, 0.717) is 22.3 Å². The van der Waals surface area contributed by atoms with Gasteiger partial charge in [-0.1, -0.05) is 49.0 Å². The van der Waals surface area contributed by atoms with Gasteiger partial charge < -0.3 is 10.1 Å². The van der Waals surface area contributed by atoms with Crippen molar-refractivity contribution in [2.24, 2.45) is 0 Å². The van der Waals surface area contributed by atoms with E-state index in [9.17, 15) is 10.1 Å². The lowest BCUT2D eigenvalue weighted by atomic mass is 10.1. The minimum atomic E-state index is -0.787. The van der Waals surface area contributed by atoms with Gasteiger partial charge in [-0.15, -0.1) is 10.2 Å². The summed E-state index contributed by atoms with van der Waals surface area (Å²) < 4.78 is 6.09. The first-order valence-electron chi connectivity index (χ1n) is 8.80. The molecule has 2 heterocycles. The van der Waals surface area contributed by atoms with Crippen LogP contribution in [0.15, 0.2) is 53.7 Å². The molecule has 4 rings (SSSR count). The molecular weight excluding hydrogens is 378 g/mol. The van der Waals surface area contributed by atoms with Crippen LogP contribution in [0.1, 0.15) is 25.1 Å². The van der Waals surface area contributed by atoms with Crippen LogP contribution in [0, 0.1) is 10.1 Å². The lowest BCUT2D eigenvalue weighted by Crippen LogP contribution is -2.18. The van der Waals surface area contributed by atoms with Gasteiger partial charge in [0.25, 0.3) is 5.69 Å². The third kappa shape index (κ3) is 3.48. The van der Waals surface area contributed by atoms with Crippen LogP contribution in [0.25, 0.3) is 11.3 Å². The maximum atomic E-state index is 11.5. The number of para-hydroxylation sites is 2. The summed E-state index contributed by atoms with van der Waals surface area (Å²) in [4.78, 5) is 15.6. The summed E-state index contributed by atoms with van der Waals surface area (Å²) in [6.07, 6.45) is 0.194. The number of nitrogens with one attached hydrogen (secondary N) is 1. The number of fused-ring (bicyclic) bond motifs is 3. The predicted molar refractivity (Wildman–Crippen MR) is 106 cm³/mol. The fraction of sp³-hybridized carbons (Fsp3) is 0.211. The Morgan fingerprint density at radius 3 is 2.79 bits per heavy atom. The van der Waals surface area contributed by atoms with Crippen molar-refractivity contribution in [3.8, 4) is 17.1 Å². The standard InChI is InChI=1S/C19H17N5O3S/c1-2-11-28-19-21-18-16(22-23-19)12-7-3-5-9-14(12)20-17(27-18)13-8-4-6-10-15(13)24(25)26/h3-10,17,20H,2,11H2,1H3/t17-/m1/s1. The molecule has 142 valence electrons. The van der Waals surface area contributed by atoms with Crippen LogP contribution in [0.2, 0.25) is 0 Å². The van der Waals surface area contributed by atoms with E-state index < -0.39 is 11.2 Å². The van der Waals surface area contributed by atoms with Crippen molar-refractivity contribution in [2.75, 3.05) is 11.1 Å². The maximum Gasteiger partial charge on any atom is 0.278 e. The lowest BCUT2D eigenvalue weighted by Gasteiger charge is -2.19. The van der Waals surface area contributed by atoms with Crippen LogP contribution < -0.4 is 10.1 Å². The molecule has 0 saturated heterocycles. The van der Waals surface area contributed by atoms with Crippen molar-refractivity contribution >= 4 is 23.1 Å². The van der Waals surface area contributed by atoms with Gasteiger partial charge in [-0.3, -0.25) is 10.1 Å². The van der Waals surface area contributed by atoms with Gasteiger partial charge in [0, 0.05) is 23.1 Å². The van der Waals surface area contributed by atoms with Gasteiger partial charge in [0.05, 0.1) is 10.5 Å². The maximum absolute atomic E-state index is 11.5. The van der Waals surface area contributed by atoms with E-state index in [-0.39, 0.29) is 5.69 Å². The van der Waals surface area contributed by atoms with Crippen molar-refractivity contribution in [3.05, 3.63) is 64.2 Å². The van der Waals surface area contributed by atoms with E-state index >= 15 is 0 Å². The first-order valence-corrected chi connectivity index (χ1v) is 9.79. The van der Waals surface area contributed by atoms with Crippen LogP contribution in [0.3, 0.4) is 0 Å². The molecule has 1 N–H and O–H groups in total. The molecule has 0 amide bonds. The first kappa shape index (κ1) is 18.2. The summed E-state index contributed by atoms with van der Waals surface area (Å²) in [5, 5.41) is 23.8. The largest absolute Gasteiger partial charge is 0.447 e. The Morgan fingerprint density at radius 1 is 1.18 bits per heavy atom. The average Bonchev–Trinajstić information content (AvgIpc) is 2.88. The Hall–Kier alpha value is -3.20. The molecule has 3 aromatic rings. The highest BCUT2D eigenvalue weighted by molar-refractivity contribution is 7.99. The second kappa shape index (κ2) is 7.81. The zero-order valence-corrected chi connectivity index (χ0v) is 15.8. The van der Waals surface area contributed by atoms with E-state index in [0.717, 1.165) is 23.4 Å². The Kier molecular flexibility index (Phi) is 5.07. The number of ether oxygens (including phenoxy) is 1. The number of hydrogen-bond acceptors (Lipinski definition) is 8. The number of benzene rings is 2. The minimum Gasteiger partial charge on any atom is -0.447 e. The smallest absolute Gasteiger partial charge is 0.278 e. The molecule has 0 spiro atoms. The summed E-state index contributed by atoms with van der Waals surface area (Å²) in [6, 6.07) is 14.0. The second-order valence-corrected chi connectivity index (χ2v) is 7.16. The van der Waals surface area contributed by atoms with Crippen molar-refractivity contribution in [1.29, 1.82) is 0 Å². The summed E-state index contributed by atoms with van der Waals surface area (Å²) in [7, 11) is 0. The number of nitro groups is 1. The zero-order chi connectivity index (χ0) is 19.5. The predicted octanol–water partition coefficient (Wildman–Crippen LogP) is 4.45. The molecule has 1 aliphatic heterocycles. The number of thioether (sulfide) groups is 1.